The molecule has 31 heavy (non-hydrogen) atoms. The number of fused-ring (bicyclic) bond motifs is 1. The van der Waals surface area contributed by atoms with Crippen LogP contribution in [-0.2, 0) is 27.0 Å². The molecule has 0 bridgehead atoms. The second kappa shape index (κ2) is 7.22. The monoisotopic (exact) mass is 419 g/mol. The van der Waals surface area contributed by atoms with Gasteiger partial charge in [0.05, 0.1) is 0 Å². The molecule has 6 heteroatoms. The Labute approximate surface area is 183 Å². The van der Waals surface area contributed by atoms with E-state index in [0.29, 0.717) is 5.56 Å². The molecule has 2 aliphatic rings. The highest BCUT2D eigenvalue weighted by Crippen LogP contribution is 2.34. The zero-order chi connectivity index (χ0) is 22.6. The number of nitrogens with zero attached hydrogens (tertiary/aromatic N) is 2. The summed E-state index contributed by atoms with van der Waals surface area (Å²) in [5, 5.41) is 2.80. The number of anilines is 1. The smallest absolute Gasteiger partial charge is 0.319 e. The molecule has 4 rings (SSSR count). The number of hydrogen-bond donors (Lipinski definition) is 1. The number of benzene rings is 2. The molecular weight excluding hydrogens is 390 g/mol. The molecule has 1 N–H and O–H groups in total. The van der Waals surface area contributed by atoms with Crippen molar-refractivity contribution < 1.29 is 14.4 Å². The second-order valence-corrected chi connectivity index (χ2v) is 9.72. The molecule has 0 unspecified atom stereocenters. The van der Waals surface area contributed by atoms with Gasteiger partial charge in [-0.3, -0.25) is 14.5 Å². The summed E-state index contributed by atoms with van der Waals surface area (Å²) < 4.78 is 0. The average Bonchev–Trinajstić information content (AvgIpc) is 3.16. The predicted octanol–water partition coefficient (Wildman–Crippen LogP) is 3.73. The van der Waals surface area contributed by atoms with E-state index in [1.807, 2.05) is 55.5 Å². The van der Waals surface area contributed by atoms with E-state index in [2.05, 4.69) is 26.1 Å². The second-order valence-electron chi connectivity index (χ2n) is 9.72. The Bertz CT molecular complexity index is 1050. The summed E-state index contributed by atoms with van der Waals surface area (Å²) in [6.45, 7) is 9.76. The van der Waals surface area contributed by atoms with Crippen molar-refractivity contribution in [2.45, 2.75) is 58.0 Å². The van der Waals surface area contributed by atoms with Crippen LogP contribution in [-0.4, -0.2) is 35.3 Å². The first kappa shape index (κ1) is 21.1. The van der Waals surface area contributed by atoms with Crippen LogP contribution >= 0.6 is 0 Å². The van der Waals surface area contributed by atoms with E-state index in [1.54, 1.807) is 11.8 Å². The number of rotatable bonds is 3. The van der Waals surface area contributed by atoms with Gasteiger partial charge in [-0.2, -0.15) is 0 Å². The van der Waals surface area contributed by atoms with Crippen molar-refractivity contribution in [3.63, 3.8) is 0 Å². The minimum absolute atomic E-state index is 0.0104. The Morgan fingerprint density at radius 2 is 1.74 bits per heavy atom. The minimum Gasteiger partial charge on any atom is -0.319 e. The number of hydrogen-bond acceptors (Lipinski definition) is 3. The van der Waals surface area contributed by atoms with Gasteiger partial charge in [0, 0.05) is 11.7 Å². The van der Waals surface area contributed by atoms with Gasteiger partial charge in [-0.1, -0.05) is 63.2 Å². The topological polar surface area (TPSA) is 69.7 Å². The average molecular weight is 420 g/mol. The molecule has 2 aromatic carbocycles. The molecule has 0 spiro atoms. The zero-order valence-corrected chi connectivity index (χ0v) is 18.7. The molecule has 0 radical (unpaired) electrons. The van der Waals surface area contributed by atoms with Crippen LogP contribution in [0.15, 0.2) is 48.5 Å². The highest BCUT2D eigenvalue weighted by molar-refractivity contribution is 6.10. The third-order valence-corrected chi connectivity index (χ3v) is 6.37. The molecule has 2 heterocycles. The van der Waals surface area contributed by atoms with Gasteiger partial charge in [0.15, 0.2) is 0 Å². The van der Waals surface area contributed by atoms with Crippen molar-refractivity contribution in [3.8, 4) is 0 Å². The number of carbonyl (C=O) groups excluding carboxylic acids is 3. The van der Waals surface area contributed by atoms with Crippen LogP contribution in [0.1, 0.15) is 51.3 Å². The first-order chi connectivity index (χ1) is 14.5. The first-order valence-electron chi connectivity index (χ1n) is 10.7. The SMILES string of the molecule is C[C@@H]1Cc2ccccc2N1C(=O)CN1C(=O)N[C@@](C)(c2ccc(C(C)(C)C)cc2)C1=O. The van der Waals surface area contributed by atoms with E-state index >= 15 is 0 Å². The molecule has 2 aliphatic heterocycles. The predicted molar refractivity (Wildman–Crippen MR) is 120 cm³/mol. The molecule has 1 fully saturated rings. The molecule has 0 aromatic heterocycles. The highest BCUT2D eigenvalue weighted by Gasteiger charge is 2.50. The largest absolute Gasteiger partial charge is 0.325 e. The molecule has 1 saturated heterocycles. The molecule has 6 nitrogen and oxygen atoms in total. The lowest BCUT2D eigenvalue weighted by atomic mass is 9.84. The summed E-state index contributed by atoms with van der Waals surface area (Å²) in [6, 6.07) is 14.9. The first-order valence-corrected chi connectivity index (χ1v) is 10.7. The van der Waals surface area contributed by atoms with E-state index in [-0.39, 0.29) is 23.9 Å². The summed E-state index contributed by atoms with van der Waals surface area (Å²) in [5.41, 5.74) is 2.60. The van der Waals surface area contributed by atoms with Gasteiger partial charge in [0.1, 0.15) is 12.1 Å². The van der Waals surface area contributed by atoms with Crippen LogP contribution in [0.2, 0.25) is 0 Å². The number of urea groups is 1. The Morgan fingerprint density at radius 3 is 2.39 bits per heavy atom. The van der Waals surface area contributed by atoms with Crippen molar-refractivity contribution in [1.29, 1.82) is 0 Å². The van der Waals surface area contributed by atoms with Gasteiger partial charge in [-0.15, -0.1) is 0 Å². The highest BCUT2D eigenvalue weighted by atomic mass is 16.2. The molecule has 2 atom stereocenters. The lowest BCUT2D eigenvalue weighted by molar-refractivity contribution is -0.134. The maximum absolute atomic E-state index is 13.3. The summed E-state index contributed by atoms with van der Waals surface area (Å²) in [7, 11) is 0. The number of carbonyl (C=O) groups is 3. The third kappa shape index (κ3) is 3.50. The molecular formula is C25H29N3O3. The molecule has 2 aromatic rings. The maximum atomic E-state index is 13.3. The van der Waals surface area contributed by atoms with Crippen LogP contribution in [0.3, 0.4) is 0 Å². The third-order valence-electron chi connectivity index (χ3n) is 6.37. The van der Waals surface area contributed by atoms with E-state index < -0.39 is 17.5 Å². The van der Waals surface area contributed by atoms with E-state index in [0.717, 1.165) is 28.1 Å². The van der Waals surface area contributed by atoms with Crippen molar-refractivity contribution in [2.24, 2.45) is 0 Å². The van der Waals surface area contributed by atoms with Gasteiger partial charge in [0.2, 0.25) is 5.91 Å². The Hall–Kier alpha value is -3.15. The van der Waals surface area contributed by atoms with Crippen LogP contribution in [0.25, 0.3) is 0 Å². The zero-order valence-electron chi connectivity index (χ0n) is 18.7. The summed E-state index contributed by atoms with van der Waals surface area (Å²) in [6.07, 6.45) is 0.764. The lowest BCUT2D eigenvalue weighted by Gasteiger charge is -2.26. The standard InChI is InChI=1S/C25H29N3O3/c1-16-14-17-8-6-7-9-20(17)28(16)21(29)15-27-22(30)25(5,26-23(27)31)19-12-10-18(11-13-19)24(2,3)4/h6-13,16H,14-15H2,1-5H3,(H,26,31)/t16-,25+/m1/s1. The molecule has 162 valence electrons. The van der Waals surface area contributed by atoms with E-state index in [1.165, 1.54) is 0 Å². The fourth-order valence-electron chi connectivity index (χ4n) is 4.50. The molecule has 4 amide bonds. The Morgan fingerprint density at radius 1 is 1.10 bits per heavy atom. The van der Waals surface area contributed by atoms with Gasteiger partial charge >= 0.3 is 6.03 Å². The van der Waals surface area contributed by atoms with Crippen molar-refractivity contribution in [1.82, 2.24) is 10.2 Å². The van der Waals surface area contributed by atoms with E-state index in [4.69, 9.17) is 0 Å². The van der Waals surface area contributed by atoms with Crippen LogP contribution in [0, 0.1) is 0 Å². The number of imide groups is 1. The minimum atomic E-state index is -1.19. The van der Waals surface area contributed by atoms with E-state index in [9.17, 15) is 14.4 Å². The quantitative estimate of drug-likeness (QED) is 0.771. The van der Waals surface area contributed by atoms with Crippen LogP contribution < -0.4 is 10.2 Å². The van der Waals surface area contributed by atoms with Gasteiger partial charge in [-0.05, 0) is 48.4 Å². The fraction of sp³-hybridized carbons (Fsp3) is 0.400. The summed E-state index contributed by atoms with van der Waals surface area (Å²) >= 11 is 0. The Balaban J connectivity index is 1.55. The fourth-order valence-corrected chi connectivity index (χ4v) is 4.50. The molecule has 0 aliphatic carbocycles. The summed E-state index contributed by atoms with van der Waals surface area (Å²) in [4.78, 5) is 41.8. The maximum Gasteiger partial charge on any atom is 0.325 e. The van der Waals surface area contributed by atoms with Crippen molar-refractivity contribution >= 4 is 23.5 Å². The van der Waals surface area contributed by atoms with Gasteiger partial charge in [0.25, 0.3) is 5.91 Å². The van der Waals surface area contributed by atoms with Crippen molar-refractivity contribution in [2.75, 3.05) is 11.4 Å². The van der Waals surface area contributed by atoms with Crippen LogP contribution in [0.4, 0.5) is 10.5 Å². The van der Waals surface area contributed by atoms with Crippen molar-refractivity contribution in [3.05, 3.63) is 65.2 Å². The Kier molecular flexibility index (Phi) is 4.91. The van der Waals surface area contributed by atoms with Gasteiger partial charge in [-0.25, -0.2) is 4.79 Å². The molecule has 0 saturated carbocycles. The van der Waals surface area contributed by atoms with Crippen LogP contribution in [0.5, 0.6) is 0 Å². The lowest BCUT2D eigenvalue weighted by Crippen LogP contribution is -2.46. The van der Waals surface area contributed by atoms with Gasteiger partial charge < -0.3 is 10.2 Å². The number of amides is 4. The number of nitrogens with one attached hydrogen (secondary N) is 1. The normalized spacial score (nSPS) is 23.2. The number of para-hydroxylation sites is 1. The summed E-state index contributed by atoms with van der Waals surface area (Å²) in [5.74, 6) is -0.664.